The van der Waals surface area contributed by atoms with Crippen LogP contribution in [0.1, 0.15) is 36.5 Å². The molecule has 0 aliphatic heterocycles. The highest BCUT2D eigenvalue weighted by Gasteiger charge is 2.04. The second-order valence-corrected chi connectivity index (χ2v) is 6.40. The van der Waals surface area contributed by atoms with Crippen LogP contribution in [0.2, 0.25) is 0 Å². The molecule has 4 heteroatoms. The van der Waals surface area contributed by atoms with Crippen LogP contribution >= 0.6 is 0 Å². The fourth-order valence-electron chi connectivity index (χ4n) is 2.84. The molecule has 2 aromatic rings. The molecule has 0 atom stereocenters. The average molecular weight is 355 g/mol. The molecule has 2 aromatic carbocycles. The Hall–Kier alpha value is -2.49. The van der Waals surface area contributed by atoms with Crippen LogP contribution in [-0.2, 0) is 17.6 Å². The van der Waals surface area contributed by atoms with Gasteiger partial charge in [0.2, 0.25) is 5.91 Å². The maximum Gasteiger partial charge on any atom is 0.220 e. The number of carbonyl (C=O) groups is 1. The quantitative estimate of drug-likeness (QED) is 0.653. The summed E-state index contributed by atoms with van der Waals surface area (Å²) >= 11 is 0. The van der Waals surface area contributed by atoms with Crippen LogP contribution in [0.3, 0.4) is 0 Å². The van der Waals surface area contributed by atoms with Crippen molar-refractivity contribution in [2.75, 3.05) is 20.3 Å². The monoisotopic (exact) mass is 355 g/mol. The lowest BCUT2D eigenvalue weighted by atomic mass is 10.1. The molecule has 0 radical (unpaired) electrons. The Morgan fingerprint density at radius 2 is 1.77 bits per heavy atom. The molecule has 0 heterocycles. The summed E-state index contributed by atoms with van der Waals surface area (Å²) in [5.74, 6) is 1.76. The third-order valence-electron chi connectivity index (χ3n) is 4.25. The van der Waals surface area contributed by atoms with Crippen molar-refractivity contribution in [1.82, 2.24) is 5.32 Å². The van der Waals surface area contributed by atoms with E-state index in [1.807, 2.05) is 31.2 Å². The summed E-state index contributed by atoms with van der Waals surface area (Å²) in [6.07, 6.45) is 3.42. The van der Waals surface area contributed by atoms with Gasteiger partial charge in [0.25, 0.3) is 0 Å². The molecule has 0 bridgehead atoms. The summed E-state index contributed by atoms with van der Waals surface area (Å²) in [5.41, 5.74) is 3.55. The minimum Gasteiger partial charge on any atom is -0.496 e. The van der Waals surface area contributed by atoms with Gasteiger partial charge in [0.05, 0.1) is 13.7 Å². The van der Waals surface area contributed by atoms with E-state index in [9.17, 15) is 4.79 Å². The van der Waals surface area contributed by atoms with Crippen molar-refractivity contribution in [1.29, 1.82) is 0 Å². The van der Waals surface area contributed by atoms with Crippen LogP contribution in [0.25, 0.3) is 0 Å². The van der Waals surface area contributed by atoms with Gasteiger partial charge in [-0.3, -0.25) is 4.79 Å². The number of nitrogens with one attached hydrogen (secondary N) is 1. The van der Waals surface area contributed by atoms with Gasteiger partial charge in [0, 0.05) is 6.42 Å². The van der Waals surface area contributed by atoms with Gasteiger partial charge in [-0.05, 0) is 54.7 Å². The second kappa shape index (κ2) is 10.5. The maximum atomic E-state index is 12.0. The van der Waals surface area contributed by atoms with Crippen molar-refractivity contribution in [3.63, 3.8) is 0 Å². The zero-order chi connectivity index (χ0) is 18.8. The van der Waals surface area contributed by atoms with E-state index in [1.165, 1.54) is 5.56 Å². The molecule has 0 unspecified atom stereocenters. The molecule has 0 fully saturated rings. The van der Waals surface area contributed by atoms with Crippen molar-refractivity contribution >= 4 is 5.91 Å². The first-order chi connectivity index (χ1) is 12.6. The smallest absolute Gasteiger partial charge is 0.220 e. The van der Waals surface area contributed by atoms with E-state index in [4.69, 9.17) is 9.47 Å². The molecule has 140 valence electrons. The molecule has 0 saturated carbocycles. The Bertz CT molecular complexity index is 695. The molecule has 4 nitrogen and oxygen atoms in total. The Kier molecular flexibility index (Phi) is 8.00. The Labute approximate surface area is 156 Å². The molecular weight excluding hydrogens is 326 g/mol. The van der Waals surface area contributed by atoms with E-state index < -0.39 is 0 Å². The summed E-state index contributed by atoms with van der Waals surface area (Å²) < 4.78 is 10.9. The number of methoxy groups -OCH3 is 1. The van der Waals surface area contributed by atoms with Crippen LogP contribution in [0.15, 0.2) is 42.5 Å². The molecule has 0 spiro atoms. The van der Waals surface area contributed by atoms with Crippen molar-refractivity contribution in [3.8, 4) is 11.5 Å². The van der Waals surface area contributed by atoms with Crippen LogP contribution in [0.4, 0.5) is 0 Å². The normalized spacial score (nSPS) is 10.4. The van der Waals surface area contributed by atoms with E-state index in [0.717, 1.165) is 41.9 Å². The molecule has 0 aliphatic rings. The molecule has 2 rings (SSSR count). The highest BCUT2D eigenvalue weighted by atomic mass is 16.5. The Morgan fingerprint density at radius 1 is 1.04 bits per heavy atom. The van der Waals surface area contributed by atoms with Gasteiger partial charge in [-0.25, -0.2) is 0 Å². The number of rotatable bonds is 10. The molecule has 1 amide bonds. The highest BCUT2D eigenvalue weighted by molar-refractivity contribution is 5.76. The molecule has 0 saturated heterocycles. The van der Waals surface area contributed by atoms with E-state index >= 15 is 0 Å². The number of aryl methyl sites for hydroxylation is 3. The van der Waals surface area contributed by atoms with E-state index in [1.54, 1.807) is 7.11 Å². The zero-order valence-electron chi connectivity index (χ0n) is 16.0. The lowest BCUT2D eigenvalue weighted by molar-refractivity contribution is -0.121. The first kappa shape index (κ1) is 19.8. The number of hydrogen-bond donors (Lipinski definition) is 1. The van der Waals surface area contributed by atoms with Crippen molar-refractivity contribution in [3.05, 3.63) is 59.2 Å². The van der Waals surface area contributed by atoms with Crippen LogP contribution < -0.4 is 14.8 Å². The summed E-state index contributed by atoms with van der Waals surface area (Å²) in [6, 6.07) is 14.2. The first-order valence-corrected chi connectivity index (χ1v) is 9.24. The lowest BCUT2D eigenvalue weighted by Crippen LogP contribution is -2.28. The molecule has 26 heavy (non-hydrogen) atoms. The van der Waals surface area contributed by atoms with Gasteiger partial charge in [-0.2, -0.15) is 0 Å². The van der Waals surface area contributed by atoms with Crippen LogP contribution in [0, 0.1) is 6.92 Å². The maximum absolute atomic E-state index is 12.0. The first-order valence-electron chi connectivity index (χ1n) is 9.24. The predicted molar refractivity (Wildman–Crippen MR) is 105 cm³/mol. The van der Waals surface area contributed by atoms with Crippen LogP contribution in [0.5, 0.6) is 11.5 Å². The molecule has 0 aliphatic carbocycles. The molecule has 1 N–H and O–H groups in total. The topological polar surface area (TPSA) is 47.6 Å². The molecular formula is C22H29NO3. The lowest BCUT2D eigenvalue weighted by Gasteiger charge is -2.09. The van der Waals surface area contributed by atoms with Gasteiger partial charge < -0.3 is 14.8 Å². The van der Waals surface area contributed by atoms with Crippen molar-refractivity contribution < 1.29 is 14.3 Å². The molecule has 0 aromatic heterocycles. The standard InChI is InChI=1S/C22H29NO3/c1-4-5-18-6-10-20(11-7-18)26-15-14-23-22(24)13-9-19-8-12-21(25-3)17(2)16-19/h6-8,10-12,16H,4-5,9,13-15H2,1-3H3,(H,23,24). The van der Waals surface area contributed by atoms with Crippen molar-refractivity contribution in [2.24, 2.45) is 0 Å². The summed E-state index contributed by atoms with van der Waals surface area (Å²) in [7, 11) is 1.66. The minimum atomic E-state index is 0.0420. The summed E-state index contributed by atoms with van der Waals surface area (Å²) in [6.45, 7) is 5.16. The zero-order valence-corrected chi connectivity index (χ0v) is 16.0. The van der Waals surface area contributed by atoms with Gasteiger partial charge in [0.1, 0.15) is 18.1 Å². The van der Waals surface area contributed by atoms with E-state index in [0.29, 0.717) is 19.6 Å². The van der Waals surface area contributed by atoms with E-state index in [2.05, 4.69) is 30.4 Å². The third kappa shape index (κ3) is 6.43. The summed E-state index contributed by atoms with van der Waals surface area (Å²) in [4.78, 5) is 12.0. The fourth-order valence-corrected chi connectivity index (χ4v) is 2.84. The second-order valence-electron chi connectivity index (χ2n) is 6.40. The predicted octanol–water partition coefficient (Wildman–Crippen LogP) is 4.08. The van der Waals surface area contributed by atoms with Crippen molar-refractivity contribution in [2.45, 2.75) is 39.5 Å². The number of amides is 1. The number of carbonyl (C=O) groups excluding carboxylic acids is 1. The average Bonchev–Trinajstić information content (AvgIpc) is 2.65. The van der Waals surface area contributed by atoms with Gasteiger partial charge in [-0.1, -0.05) is 37.6 Å². The fraction of sp³-hybridized carbons (Fsp3) is 0.409. The number of benzene rings is 2. The number of ether oxygens (including phenoxy) is 2. The third-order valence-corrected chi connectivity index (χ3v) is 4.25. The SMILES string of the molecule is CCCc1ccc(OCCNC(=O)CCc2ccc(OC)c(C)c2)cc1. The van der Waals surface area contributed by atoms with E-state index in [-0.39, 0.29) is 5.91 Å². The highest BCUT2D eigenvalue weighted by Crippen LogP contribution is 2.19. The van der Waals surface area contributed by atoms with Crippen LogP contribution in [-0.4, -0.2) is 26.2 Å². The van der Waals surface area contributed by atoms with Gasteiger partial charge in [0.15, 0.2) is 0 Å². The largest absolute Gasteiger partial charge is 0.496 e. The minimum absolute atomic E-state index is 0.0420. The Balaban J connectivity index is 1.65. The Morgan fingerprint density at radius 3 is 2.42 bits per heavy atom. The number of hydrogen-bond acceptors (Lipinski definition) is 3. The summed E-state index contributed by atoms with van der Waals surface area (Å²) in [5, 5.41) is 2.90. The van der Waals surface area contributed by atoms with Gasteiger partial charge in [-0.15, -0.1) is 0 Å². The van der Waals surface area contributed by atoms with Gasteiger partial charge >= 0.3 is 0 Å².